The Labute approximate surface area is 192 Å². The fourth-order valence-corrected chi connectivity index (χ4v) is 5.30. The Morgan fingerprint density at radius 1 is 1.26 bits per heavy atom. The topological polar surface area (TPSA) is 68.3 Å². The number of aryl methyl sites for hydroxylation is 2. The number of thiophene rings is 1. The molecule has 0 radical (unpaired) electrons. The van der Waals surface area contributed by atoms with E-state index in [1.807, 2.05) is 19.9 Å². The maximum absolute atomic E-state index is 13.4. The summed E-state index contributed by atoms with van der Waals surface area (Å²) >= 11 is 8.77. The molecule has 1 aromatic carbocycles. The second kappa shape index (κ2) is 8.90. The van der Waals surface area contributed by atoms with Gasteiger partial charge in [0.1, 0.15) is 10.6 Å². The lowest BCUT2D eigenvalue weighted by atomic mass is 10.2. The van der Waals surface area contributed by atoms with Crippen LogP contribution in [0, 0.1) is 13.8 Å². The first-order chi connectivity index (χ1) is 14.8. The number of nitrogens with zero attached hydrogens (tertiary/aromatic N) is 3. The summed E-state index contributed by atoms with van der Waals surface area (Å²) in [6.45, 7) is 4.29. The van der Waals surface area contributed by atoms with Crippen molar-refractivity contribution in [2.45, 2.75) is 25.5 Å². The third-order valence-electron chi connectivity index (χ3n) is 4.98. The highest BCUT2D eigenvalue weighted by atomic mass is 35.5. The Hall–Kier alpha value is -2.55. The van der Waals surface area contributed by atoms with Gasteiger partial charge in [-0.15, -0.1) is 11.3 Å². The number of aromatic nitrogens is 2. The molecule has 0 bridgehead atoms. The Bertz CT molecular complexity index is 1290. The number of hydrogen-bond acceptors (Lipinski definition) is 6. The Morgan fingerprint density at radius 3 is 2.68 bits per heavy atom. The highest BCUT2D eigenvalue weighted by molar-refractivity contribution is 7.99. The number of amides is 1. The highest BCUT2D eigenvalue weighted by Gasteiger charge is 2.20. The third kappa shape index (κ3) is 4.42. The first-order valence-electron chi connectivity index (χ1n) is 9.53. The van der Waals surface area contributed by atoms with Gasteiger partial charge >= 0.3 is 0 Å². The van der Waals surface area contributed by atoms with E-state index in [9.17, 15) is 9.59 Å². The zero-order valence-electron chi connectivity index (χ0n) is 17.2. The van der Waals surface area contributed by atoms with Crippen molar-refractivity contribution < 1.29 is 9.21 Å². The van der Waals surface area contributed by atoms with Crippen LogP contribution in [-0.4, -0.2) is 33.2 Å². The minimum atomic E-state index is -0.145. The van der Waals surface area contributed by atoms with Gasteiger partial charge in [-0.25, -0.2) is 4.98 Å². The molecule has 0 spiro atoms. The van der Waals surface area contributed by atoms with Gasteiger partial charge in [-0.05, 0) is 55.8 Å². The second-order valence-corrected chi connectivity index (χ2v) is 9.67. The molecule has 31 heavy (non-hydrogen) atoms. The molecular weight excluding hydrogens is 454 g/mol. The van der Waals surface area contributed by atoms with Crippen LogP contribution in [-0.2, 0) is 11.3 Å². The summed E-state index contributed by atoms with van der Waals surface area (Å²) in [6.07, 6.45) is 1.58. The molecule has 1 amide bonds. The van der Waals surface area contributed by atoms with Crippen LogP contribution in [0.4, 0.5) is 0 Å². The number of rotatable bonds is 6. The predicted molar refractivity (Wildman–Crippen MR) is 126 cm³/mol. The van der Waals surface area contributed by atoms with Crippen molar-refractivity contribution in [1.82, 2.24) is 14.5 Å². The van der Waals surface area contributed by atoms with Gasteiger partial charge in [0.2, 0.25) is 5.91 Å². The number of fused-ring (bicyclic) bond motifs is 1. The van der Waals surface area contributed by atoms with E-state index in [1.54, 1.807) is 53.1 Å². The molecule has 0 fully saturated rings. The second-order valence-electron chi connectivity index (χ2n) is 7.09. The van der Waals surface area contributed by atoms with Gasteiger partial charge in [0, 0.05) is 16.9 Å². The number of carbonyl (C=O) groups excluding carboxylic acids is 1. The summed E-state index contributed by atoms with van der Waals surface area (Å²) in [7, 11) is 1.72. The van der Waals surface area contributed by atoms with Crippen molar-refractivity contribution >= 4 is 50.8 Å². The Morgan fingerprint density at radius 2 is 2.00 bits per heavy atom. The van der Waals surface area contributed by atoms with Crippen molar-refractivity contribution in [3.05, 3.63) is 74.2 Å². The van der Waals surface area contributed by atoms with Crippen LogP contribution in [0.5, 0.6) is 0 Å². The average Bonchev–Trinajstić information content (AvgIpc) is 3.35. The molecule has 9 heteroatoms. The van der Waals surface area contributed by atoms with E-state index < -0.39 is 0 Å². The molecule has 4 rings (SSSR count). The van der Waals surface area contributed by atoms with Gasteiger partial charge in [-0.3, -0.25) is 14.2 Å². The number of benzene rings is 1. The molecule has 4 aromatic rings. The Kier molecular flexibility index (Phi) is 6.22. The number of thioether (sulfide) groups is 1. The Balaban J connectivity index is 1.69. The molecule has 0 aliphatic heterocycles. The average molecular weight is 474 g/mol. The van der Waals surface area contributed by atoms with Crippen molar-refractivity contribution in [1.29, 1.82) is 0 Å². The van der Waals surface area contributed by atoms with Gasteiger partial charge < -0.3 is 9.32 Å². The summed E-state index contributed by atoms with van der Waals surface area (Å²) < 4.78 is 6.87. The molecule has 0 atom stereocenters. The van der Waals surface area contributed by atoms with Crippen LogP contribution in [0.3, 0.4) is 0 Å². The molecule has 3 aromatic heterocycles. The molecule has 3 heterocycles. The van der Waals surface area contributed by atoms with E-state index in [0.717, 1.165) is 10.4 Å². The molecule has 6 nitrogen and oxygen atoms in total. The van der Waals surface area contributed by atoms with E-state index >= 15 is 0 Å². The first-order valence-corrected chi connectivity index (χ1v) is 11.7. The quantitative estimate of drug-likeness (QED) is 0.289. The summed E-state index contributed by atoms with van der Waals surface area (Å²) in [4.78, 5) is 34.2. The molecule has 0 aliphatic rings. The van der Waals surface area contributed by atoms with Crippen LogP contribution in [0.2, 0.25) is 5.02 Å². The molecule has 0 saturated carbocycles. The first kappa shape index (κ1) is 21.7. The van der Waals surface area contributed by atoms with E-state index in [0.29, 0.717) is 38.4 Å². The fourth-order valence-electron chi connectivity index (χ4n) is 3.15. The van der Waals surface area contributed by atoms with E-state index in [1.165, 1.54) is 23.1 Å². The zero-order valence-corrected chi connectivity index (χ0v) is 19.6. The predicted octanol–water partition coefficient (Wildman–Crippen LogP) is 5.06. The van der Waals surface area contributed by atoms with E-state index in [2.05, 4.69) is 0 Å². The lowest BCUT2D eigenvalue weighted by Gasteiger charge is -2.16. The summed E-state index contributed by atoms with van der Waals surface area (Å²) in [5.41, 5.74) is 1.45. The lowest BCUT2D eigenvalue weighted by Crippen LogP contribution is -2.28. The summed E-state index contributed by atoms with van der Waals surface area (Å²) in [6, 6.07) is 10.6. The van der Waals surface area contributed by atoms with Crippen molar-refractivity contribution in [2.24, 2.45) is 0 Å². The number of furan rings is 1. The van der Waals surface area contributed by atoms with Crippen LogP contribution >= 0.6 is 34.7 Å². The van der Waals surface area contributed by atoms with Crippen LogP contribution < -0.4 is 5.56 Å². The molecule has 0 saturated heterocycles. The molecule has 0 unspecified atom stereocenters. The van der Waals surface area contributed by atoms with Crippen molar-refractivity contribution in [2.75, 3.05) is 12.8 Å². The lowest BCUT2D eigenvalue weighted by molar-refractivity contribution is -0.127. The number of halogens is 1. The van der Waals surface area contributed by atoms with Crippen LogP contribution in [0.15, 0.2) is 57.0 Å². The molecular formula is C22H20ClN3O3S2. The maximum atomic E-state index is 13.4. The van der Waals surface area contributed by atoms with Gasteiger partial charge in [-0.1, -0.05) is 23.4 Å². The maximum Gasteiger partial charge on any atom is 0.267 e. The smallest absolute Gasteiger partial charge is 0.267 e. The van der Waals surface area contributed by atoms with Crippen LogP contribution in [0.25, 0.3) is 15.9 Å². The SMILES string of the molecule is Cc1sc2nc(SCC(=O)N(C)Cc3ccco3)n(-c3ccc(Cl)cc3)c(=O)c2c1C. The van der Waals surface area contributed by atoms with Gasteiger partial charge in [0.15, 0.2) is 5.16 Å². The molecule has 0 aliphatic carbocycles. The highest BCUT2D eigenvalue weighted by Crippen LogP contribution is 2.30. The van der Waals surface area contributed by atoms with E-state index in [-0.39, 0.29) is 17.2 Å². The van der Waals surface area contributed by atoms with Crippen molar-refractivity contribution in [3.63, 3.8) is 0 Å². The fraction of sp³-hybridized carbons (Fsp3) is 0.227. The van der Waals surface area contributed by atoms with Gasteiger partial charge in [0.05, 0.1) is 29.6 Å². The summed E-state index contributed by atoms with van der Waals surface area (Å²) in [5, 5.41) is 1.67. The monoisotopic (exact) mass is 473 g/mol. The minimum Gasteiger partial charge on any atom is -0.467 e. The van der Waals surface area contributed by atoms with Crippen molar-refractivity contribution in [3.8, 4) is 5.69 Å². The van der Waals surface area contributed by atoms with E-state index in [4.69, 9.17) is 21.0 Å². The van der Waals surface area contributed by atoms with Gasteiger partial charge in [0.25, 0.3) is 5.56 Å². The van der Waals surface area contributed by atoms with Crippen LogP contribution in [0.1, 0.15) is 16.2 Å². The zero-order chi connectivity index (χ0) is 22.1. The summed E-state index contributed by atoms with van der Waals surface area (Å²) in [5.74, 6) is 0.770. The number of hydrogen-bond donors (Lipinski definition) is 0. The van der Waals surface area contributed by atoms with Gasteiger partial charge in [-0.2, -0.15) is 0 Å². The largest absolute Gasteiger partial charge is 0.467 e. The normalized spacial score (nSPS) is 11.2. The number of carbonyl (C=O) groups is 1. The molecule has 0 N–H and O–H groups in total. The minimum absolute atomic E-state index is 0.0862. The third-order valence-corrected chi connectivity index (χ3v) is 7.26. The molecule has 160 valence electrons. The standard InChI is InChI=1S/C22H20ClN3O3S2/c1-13-14(2)31-20-19(13)21(28)26(16-8-6-15(23)7-9-16)22(24-20)30-12-18(27)25(3)11-17-5-4-10-29-17/h4-10H,11-12H2,1-3H3.